The number of nitrogens with zero attached hydrogens (tertiary/aromatic N) is 4. The molecule has 1 amide bonds. The number of aromatic nitrogens is 1. The van der Waals surface area contributed by atoms with E-state index in [2.05, 4.69) is 46.0 Å². The molecule has 3 rings (SSSR count). The molecule has 26 heavy (non-hydrogen) atoms. The average Bonchev–Trinajstić information content (AvgIpc) is 2.61. The fourth-order valence-electron chi connectivity index (χ4n) is 3.92. The van der Waals surface area contributed by atoms with Gasteiger partial charge in [-0.25, -0.2) is 4.98 Å². The average molecular weight is 380 g/mol. The summed E-state index contributed by atoms with van der Waals surface area (Å²) in [6, 6.07) is 4.00. The minimum Gasteiger partial charge on any atom is -0.344 e. The fraction of sp³-hybridized carbons (Fsp3) is 0.684. The van der Waals surface area contributed by atoms with Crippen LogP contribution in [-0.2, 0) is 0 Å². The first-order valence-corrected chi connectivity index (χ1v) is 9.80. The van der Waals surface area contributed by atoms with E-state index in [4.69, 9.17) is 11.6 Å². The molecule has 0 aromatic carbocycles. The van der Waals surface area contributed by atoms with E-state index < -0.39 is 0 Å². The van der Waals surface area contributed by atoms with E-state index >= 15 is 0 Å². The zero-order valence-electron chi connectivity index (χ0n) is 16.0. The van der Waals surface area contributed by atoms with Crippen LogP contribution >= 0.6 is 11.6 Å². The number of hydrogen-bond donors (Lipinski definition) is 1. The first-order chi connectivity index (χ1) is 12.4. The third kappa shape index (κ3) is 4.55. The maximum Gasteiger partial charge on any atom is 0.271 e. The second-order valence-corrected chi connectivity index (χ2v) is 8.34. The number of rotatable bonds is 4. The Morgan fingerprint density at radius 2 is 2.04 bits per heavy atom. The monoisotopic (exact) mass is 379 g/mol. The number of pyridine rings is 1. The van der Waals surface area contributed by atoms with Crippen molar-refractivity contribution in [2.24, 2.45) is 0 Å². The van der Waals surface area contributed by atoms with Crippen LogP contribution in [0.15, 0.2) is 18.3 Å². The lowest BCUT2D eigenvalue weighted by atomic mass is 9.86. The zero-order chi connectivity index (χ0) is 18.7. The summed E-state index contributed by atoms with van der Waals surface area (Å²) in [7, 11) is 4.32. The van der Waals surface area contributed by atoms with Crippen LogP contribution in [0.25, 0.3) is 0 Å². The first-order valence-electron chi connectivity index (χ1n) is 9.43. The third-order valence-corrected chi connectivity index (χ3v) is 6.17. The molecule has 1 unspecified atom stereocenters. The molecule has 2 aliphatic heterocycles. The molecule has 1 atom stereocenters. The number of hydrogen-bond acceptors (Lipinski definition) is 5. The number of carbonyl (C=O) groups excluding carboxylic acids is 1. The largest absolute Gasteiger partial charge is 0.344 e. The standard InChI is InChI=1S/C19H30ClN5O/c1-15-13-25(12-11-24(15)3)14-19(6-9-23(2)10-7-19)22-18(26)17-16(20)5-4-8-21-17/h4-5,8,15H,6-7,9-14H2,1-3H3,(H,22,26). The van der Waals surface area contributed by atoms with E-state index in [0.29, 0.717) is 16.8 Å². The van der Waals surface area contributed by atoms with Gasteiger partial charge < -0.3 is 15.1 Å². The smallest absolute Gasteiger partial charge is 0.271 e. The van der Waals surface area contributed by atoms with Gasteiger partial charge >= 0.3 is 0 Å². The summed E-state index contributed by atoms with van der Waals surface area (Å²) < 4.78 is 0. The molecule has 0 radical (unpaired) electrons. The van der Waals surface area contributed by atoms with E-state index in [0.717, 1.165) is 52.1 Å². The highest BCUT2D eigenvalue weighted by Gasteiger charge is 2.38. The van der Waals surface area contributed by atoms with Gasteiger partial charge in [0.1, 0.15) is 5.69 Å². The summed E-state index contributed by atoms with van der Waals surface area (Å²) in [5.74, 6) is -0.165. The normalized spacial score (nSPS) is 25.2. The van der Waals surface area contributed by atoms with Crippen LogP contribution in [0.2, 0.25) is 5.02 Å². The molecule has 7 heteroatoms. The third-order valence-electron chi connectivity index (χ3n) is 5.87. The van der Waals surface area contributed by atoms with Gasteiger partial charge in [-0.05, 0) is 46.0 Å². The molecule has 2 fully saturated rings. The topological polar surface area (TPSA) is 51.7 Å². The van der Waals surface area contributed by atoms with E-state index in [1.165, 1.54) is 0 Å². The van der Waals surface area contributed by atoms with Gasteiger partial charge in [-0.15, -0.1) is 0 Å². The summed E-state index contributed by atoms with van der Waals surface area (Å²) in [4.78, 5) is 24.3. The number of piperazine rings is 1. The number of amides is 1. The van der Waals surface area contributed by atoms with E-state index in [9.17, 15) is 4.79 Å². The van der Waals surface area contributed by atoms with Gasteiger partial charge in [0.05, 0.1) is 10.6 Å². The van der Waals surface area contributed by atoms with E-state index in [1.54, 1.807) is 18.3 Å². The molecule has 0 bridgehead atoms. The highest BCUT2D eigenvalue weighted by Crippen LogP contribution is 2.25. The van der Waals surface area contributed by atoms with Crippen molar-refractivity contribution in [1.29, 1.82) is 0 Å². The SMILES string of the molecule is CC1CN(CC2(NC(=O)c3ncccc3Cl)CCN(C)CC2)CCN1C. The summed E-state index contributed by atoms with van der Waals surface area (Å²) in [5.41, 5.74) is 0.0966. The molecule has 0 spiro atoms. The lowest BCUT2D eigenvalue weighted by Gasteiger charge is -2.46. The number of nitrogens with one attached hydrogen (secondary N) is 1. The summed E-state index contributed by atoms with van der Waals surface area (Å²) in [6.07, 6.45) is 3.51. The number of likely N-dealkylation sites (tertiary alicyclic amines) is 1. The number of likely N-dealkylation sites (N-methyl/N-ethyl adjacent to an activating group) is 1. The lowest BCUT2D eigenvalue weighted by Crippen LogP contribution is -2.63. The van der Waals surface area contributed by atoms with Crippen molar-refractivity contribution in [3.8, 4) is 0 Å². The van der Waals surface area contributed by atoms with Crippen LogP contribution in [0, 0.1) is 0 Å². The summed E-state index contributed by atoms with van der Waals surface area (Å²) in [6.45, 7) is 8.26. The number of carbonyl (C=O) groups is 1. The molecular formula is C19H30ClN5O. The Bertz CT molecular complexity index is 632. The molecule has 6 nitrogen and oxygen atoms in total. The first kappa shape index (κ1) is 19.5. The van der Waals surface area contributed by atoms with Crippen molar-refractivity contribution < 1.29 is 4.79 Å². The van der Waals surface area contributed by atoms with Crippen LogP contribution in [0.4, 0.5) is 0 Å². The Morgan fingerprint density at radius 3 is 2.69 bits per heavy atom. The Labute approximate surface area is 161 Å². The molecule has 2 saturated heterocycles. The van der Waals surface area contributed by atoms with Gasteiger partial charge in [-0.3, -0.25) is 9.69 Å². The van der Waals surface area contributed by atoms with Gasteiger partial charge in [-0.2, -0.15) is 0 Å². The zero-order valence-corrected chi connectivity index (χ0v) is 16.8. The minimum absolute atomic E-state index is 0.165. The van der Waals surface area contributed by atoms with Crippen LogP contribution < -0.4 is 5.32 Å². The molecule has 3 heterocycles. The van der Waals surface area contributed by atoms with Crippen LogP contribution in [0.3, 0.4) is 0 Å². The predicted octanol–water partition coefficient (Wildman–Crippen LogP) is 1.57. The van der Waals surface area contributed by atoms with Gasteiger partial charge in [-0.1, -0.05) is 11.6 Å². The maximum absolute atomic E-state index is 12.9. The highest BCUT2D eigenvalue weighted by atomic mass is 35.5. The lowest BCUT2D eigenvalue weighted by molar-refractivity contribution is 0.0496. The highest BCUT2D eigenvalue weighted by molar-refractivity contribution is 6.33. The van der Waals surface area contributed by atoms with Crippen molar-refractivity contribution >= 4 is 17.5 Å². The Kier molecular flexibility index (Phi) is 6.17. The molecule has 0 saturated carbocycles. The van der Waals surface area contributed by atoms with Crippen molar-refractivity contribution in [2.75, 3.05) is 53.4 Å². The van der Waals surface area contributed by atoms with Gasteiger partial charge in [0.25, 0.3) is 5.91 Å². The Morgan fingerprint density at radius 1 is 1.31 bits per heavy atom. The molecule has 1 aromatic heterocycles. The molecule has 1 aromatic rings. The summed E-state index contributed by atoms with van der Waals surface area (Å²) in [5, 5.41) is 3.72. The maximum atomic E-state index is 12.9. The van der Waals surface area contributed by atoms with Gasteiger partial charge in [0.15, 0.2) is 0 Å². The molecule has 2 aliphatic rings. The predicted molar refractivity (Wildman–Crippen MR) is 105 cm³/mol. The van der Waals surface area contributed by atoms with Gasteiger partial charge in [0, 0.05) is 51.5 Å². The minimum atomic E-state index is -0.222. The van der Waals surface area contributed by atoms with Crippen LogP contribution in [-0.4, -0.2) is 90.5 Å². The fourth-order valence-corrected chi connectivity index (χ4v) is 4.12. The van der Waals surface area contributed by atoms with Crippen LogP contribution in [0.5, 0.6) is 0 Å². The quantitative estimate of drug-likeness (QED) is 0.860. The number of halogens is 1. The summed E-state index contributed by atoms with van der Waals surface area (Å²) >= 11 is 6.18. The molecule has 1 N–H and O–H groups in total. The molecular weight excluding hydrogens is 350 g/mol. The van der Waals surface area contributed by atoms with Crippen molar-refractivity contribution in [3.63, 3.8) is 0 Å². The van der Waals surface area contributed by atoms with Crippen molar-refractivity contribution in [3.05, 3.63) is 29.0 Å². The van der Waals surface area contributed by atoms with Crippen LogP contribution in [0.1, 0.15) is 30.3 Å². The Hall–Kier alpha value is -1.21. The second-order valence-electron chi connectivity index (χ2n) is 7.94. The molecule has 144 valence electrons. The van der Waals surface area contributed by atoms with Crippen molar-refractivity contribution in [2.45, 2.75) is 31.3 Å². The van der Waals surface area contributed by atoms with E-state index in [1.807, 2.05) is 0 Å². The van der Waals surface area contributed by atoms with E-state index in [-0.39, 0.29) is 11.4 Å². The van der Waals surface area contributed by atoms with Crippen molar-refractivity contribution in [1.82, 2.24) is 25.0 Å². The second kappa shape index (κ2) is 8.21. The molecule has 0 aliphatic carbocycles. The van der Waals surface area contributed by atoms with Gasteiger partial charge in [0.2, 0.25) is 0 Å². The number of piperidine rings is 1. The Balaban J connectivity index is 1.74.